The number of nitrogens with zero attached hydrogens (tertiary/aromatic N) is 4. The van der Waals surface area contributed by atoms with Gasteiger partial charge < -0.3 is 14.8 Å². The average Bonchev–Trinajstić information content (AvgIpc) is 3.43. The number of hydrogen-bond acceptors (Lipinski definition) is 4. The number of anilines is 1. The lowest BCUT2D eigenvalue weighted by molar-refractivity contribution is -0.138. The third kappa shape index (κ3) is 4.73. The minimum atomic E-state index is -4.58. The summed E-state index contributed by atoms with van der Waals surface area (Å²) < 4.78 is 58.1. The van der Waals surface area contributed by atoms with Crippen LogP contribution >= 0.6 is 0 Å². The summed E-state index contributed by atoms with van der Waals surface area (Å²) in [5.74, 6) is 0.0265. The van der Waals surface area contributed by atoms with Crippen molar-refractivity contribution in [1.82, 2.24) is 20.1 Å². The molecule has 1 atom stereocenters. The van der Waals surface area contributed by atoms with Crippen molar-refractivity contribution in [3.05, 3.63) is 76.4 Å². The van der Waals surface area contributed by atoms with Crippen molar-refractivity contribution in [2.24, 2.45) is 13.0 Å². The average molecular weight is 542 g/mol. The molecule has 2 fully saturated rings. The number of hydrogen-bond donors (Lipinski definition) is 1. The number of halogens is 4. The zero-order valence-electron chi connectivity index (χ0n) is 21.9. The molecule has 1 N–H and O–H groups in total. The maximum Gasteiger partial charge on any atom is 0.416 e. The van der Waals surface area contributed by atoms with E-state index in [0.717, 1.165) is 24.8 Å². The highest BCUT2D eigenvalue weighted by Gasteiger charge is 2.42. The molecule has 39 heavy (non-hydrogen) atoms. The predicted octanol–water partition coefficient (Wildman–Crippen LogP) is 5.91. The fraction of sp³-hybridized carbons (Fsp3) is 0.483. The number of aryl methyl sites for hydroxylation is 1. The molecular weight excluding hydrogens is 510 g/mol. The fourth-order valence-electron chi connectivity index (χ4n) is 6.18. The first-order valence-corrected chi connectivity index (χ1v) is 13.4. The van der Waals surface area contributed by atoms with Crippen LogP contribution in [0.1, 0.15) is 83.4 Å². The summed E-state index contributed by atoms with van der Waals surface area (Å²) in [5, 5.41) is 11.6. The topological polar surface area (TPSA) is 63.1 Å². The number of aromatic nitrogens is 3. The minimum absolute atomic E-state index is 0.000578. The molecule has 3 aliphatic rings. The number of benzene rings is 2. The normalized spacial score (nSPS) is 22.8. The van der Waals surface area contributed by atoms with Gasteiger partial charge >= 0.3 is 6.18 Å². The fourth-order valence-corrected chi connectivity index (χ4v) is 6.18. The van der Waals surface area contributed by atoms with Gasteiger partial charge in [0.2, 0.25) is 0 Å². The smallest absolute Gasteiger partial charge is 0.320 e. The Labute approximate surface area is 224 Å². The van der Waals surface area contributed by atoms with Crippen molar-refractivity contribution in [3.63, 3.8) is 0 Å². The quantitative estimate of drug-likeness (QED) is 0.378. The van der Waals surface area contributed by atoms with Crippen molar-refractivity contribution in [3.8, 4) is 0 Å². The van der Waals surface area contributed by atoms with E-state index in [1.54, 1.807) is 29.1 Å². The monoisotopic (exact) mass is 541 g/mol. The molecule has 0 radical (unpaired) electrons. The van der Waals surface area contributed by atoms with Gasteiger partial charge in [0.25, 0.3) is 5.91 Å². The number of amides is 1. The molecule has 206 valence electrons. The van der Waals surface area contributed by atoms with E-state index in [-0.39, 0.29) is 41.6 Å². The standard InChI is InChI=1S/C29H31F4N5O/c1-28(7-4-8-28)34-14-17-9-22-23(24(10-17)29(31,32)33)15-38(27(22)39)21-6-3-5-18(13-21)25(19-11-20(30)12-19)26-36-35-16-37(26)2/h3,5-6,9-10,13,16,19-20,25,34H,4,7-8,11-12,14-15H2,1-2H3/t19?,20?,25-/m0/s1. The molecule has 2 saturated carbocycles. The highest BCUT2D eigenvalue weighted by molar-refractivity contribution is 6.10. The molecule has 0 saturated heterocycles. The van der Waals surface area contributed by atoms with E-state index in [4.69, 9.17) is 0 Å². The molecule has 2 aromatic carbocycles. The van der Waals surface area contributed by atoms with Crippen LogP contribution in [0.5, 0.6) is 0 Å². The van der Waals surface area contributed by atoms with E-state index in [1.165, 1.54) is 11.0 Å². The summed E-state index contributed by atoms with van der Waals surface area (Å²) in [6.45, 7) is 2.18. The van der Waals surface area contributed by atoms with Crippen LogP contribution in [0, 0.1) is 5.92 Å². The highest BCUT2D eigenvalue weighted by atomic mass is 19.4. The van der Waals surface area contributed by atoms with Crippen LogP contribution in [-0.2, 0) is 26.3 Å². The van der Waals surface area contributed by atoms with Gasteiger partial charge in [-0.15, -0.1) is 10.2 Å². The molecule has 1 aromatic heterocycles. The van der Waals surface area contributed by atoms with Crippen LogP contribution in [0.4, 0.5) is 23.2 Å². The number of alkyl halides is 4. The summed E-state index contributed by atoms with van der Waals surface area (Å²) >= 11 is 0. The predicted molar refractivity (Wildman–Crippen MR) is 138 cm³/mol. The molecule has 10 heteroatoms. The minimum Gasteiger partial charge on any atom is -0.320 e. The van der Waals surface area contributed by atoms with E-state index >= 15 is 0 Å². The van der Waals surface area contributed by atoms with Crippen LogP contribution in [0.15, 0.2) is 42.7 Å². The largest absolute Gasteiger partial charge is 0.416 e. The van der Waals surface area contributed by atoms with Crippen molar-refractivity contribution in [1.29, 1.82) is 0 Å². The Morgan fingerprint density at radius 2 is 1.95 bits per heavy atom. The Morgan fingerprint density at radius 1 is 1.18 bits per heavy atom. The first-order chi connectivity index (χ1) is 18.5. The molecule has 3 aromatic rings. The van der Waals surface area contributed by atoms with Gasteiger partial charge in [-0.2, -0.15) is 13.2 Å². The first kappa shape index (κ1) is 26.0. The van der Waals surface area contributed by atoms with Crippen LogP contribution < -0.4 is 10.2 Å². The second-order valence-electron chi connectivity index (χ2n) is 11.5. The van der Waals surface area contributed by atoms with Gasteiger partial charge in [-0.25, -0.2) is 4.39 Å². The molecule has 1 aliphatic heterocycles. The molecule has 2 aliphatic carbocycles. The maximum absolute atomic E-state index is 14.2. The lowest BCUT2D eigenvalue weighted by Crippen LogP contribution is -2.47. The van der Waals surface area contributed by atoms with E-state index in [9.17, 15) is 22.4 Å². The van der Waals surface area contributed by atoms with Gasteiger partial charge in [0.1, 0.15) is 18.3 Å². The van der Waals surface area contributed by atoms with Crippen LogP contribution in [0.3, 0.4) is 0 Å². The van der Waals surface area contributed by atoms with Gasteiger partial charge in [0, 0.05) is 36.3 Å². The molecule has 0 bridgehead atoms. The van der Waals surface area contributed by atoms with Gasteiger partial charge in [0.15, 0.2) is 0 Å². The Hall–Kier alpha value is -3.27. The molecule has 6 nitrogen and oxygen atoms in total. The van der Waals surface area contributed by atoms with Crippen molar-refractivity contribution >= 4 is 11.6 Å². The molecule has 0 spiro atoms. The first-order valence-electron chi connectivity index (χ1n) is 13.4. The Kier molecular flexibility index (Phi) is 6.28. The van der Waals surface area contributed by atoms with Crippen LogP contribution in [0.25, 0.3) is 0 Å². The number of carbonyl (C=O) groups is 1. The zero-order valence-corrected chi connectivity index (χ0v) is 21.9. The summed E-state index contributed by atoms with van der Waals surface area (Å²) in [6.07, 6.45) is 0.0172. The summed E-state index contributed by atoms with van der Waals surface area (Å²) in [6, 6.07) is 10.0. The Bertz CT molecular complexity index is 1410. The van der Waals surface area contributed by atoms with Crippen molar-refractivity contribution in [2.45, 2.75) is 75.9 Å². The van der Waals surface area contributed by atoms with Gasteiger partial charge in [0.05, 0.1) is 12.1 Å². The third-order valence-corrected chi connectivity index (χ3v) is 8.74. The van der Waals surface area contributed by atoms with Crippen molar-refractivity contribution in [2.75, 3.05) is 4.90 Å². The van der Waals surface area contributed by atoms with E-state index in [0.29, 0.717) is 29.9 Å². The van der Waals surface area contributed by atoms with Gasteiger partial charge in [-0.3, -0.25) is 4.79 Å². The zero-order chi connectivity index (χ0) is 27.5. The molecule has 0 unspecified atom stereocenters. The maximum atomic E-state index is 14.2. The second-order valence-corrected chi connectivity index (χ2v) is 11.5. The van der Waals surface area contributed by atoms with Gasteiger partial charge in [-0.05, 0) is 85.9 Å². The molecular formula is C29H31F4N5O. The van der Waals surface area contributed by atoms with E-state index < -0.39 is 23.8 Å². The Morgan fingerprint density at radius 3 is 2.56 bits per heavy atom. The van der Waals surface area contributed by atoms with Crippen LogP contribution in [0.2, 0.25) is 0 Å². The van der Waals surface area contributed by atoms with Crippen LogP contribution in [-0.4, -0.2) is 32.4 Å². The van der Waals surface area contributed by atoms with E-state index in [2.05, 4.69) is 22.4 Å². The lowest BCUT2D eigenvalue weighted by atomic mass is 9.71. The summed E-state index contributed by atoms with van der Waals surface area (Å²) in [4.78, 5) is 15.0. The number of nitrogens with one attached hydrogen (secondary N) is 1. The molecule has 1 amide bonds. The molecule has 6 rings (SSSR count). The summed E-state index contributed by atoms with van der Waals surface area (Å²) in [7, 11) is 1.83. The lowest BCUT2D eigenvalue weighted by Gasteiger charge is -2.39. The summed E-state index contributed by atoms with van der Waals surface area (Å²) in [5.41, 5.74) is 1.05. The molecule has 2 heterocycles. The number of carbonyl (C=O) groups excluding carboxylic acids is 1. The van der Waals surface area contributed by atoms with Crippen molar-refractivity contribution < 1.29 is 22.4 Å². The van der Waals surface area contributed by atoms with E-state index in [1.807, 2.05) is 19.2 Å². The third-order valence-electron chi connectivity index (χ3n) is 8.74. The highest BCUT2D eigenvalue weighted by Crippen LogP contribution is 2.45. The SMILES string of the molecule is Cn1cnnc1[C@@H](c1cccc(N2Cc3c(cc(CNC4(C)CCC4)cc3C(F)(F)F)C2=O)c1)C1CC(F)C1. The number of fused-ring (bicyclic) bond motifs is 1. The second kappa shape index (κ2) is 9.43. The van der Waals surface area contributed by atoms with Gasteiger partial charge in [-0.1, -0.05) is 12.1 Å². The Balaban J connectivity index is 1.33. The number of rotatable bonds is 7.